The molecule has 1 aliphatic rings. The van der Waals surface area contributed by atoms with Crippen LogP contribution in [0.4, 0.5) is 0 Å². The smallest absolute Gasteiger partial charge is 0.116 e. The van der Waals surface area contributed by atoms with Crippen molar-refractivity contribution in [1.29, 1.82) is 0 Å². The maximum absolute atomic E-state index is 9.22. The molecule has 2 atom stereocenters. The van der Waals surface area contributed by atoms with Crippen LogP contribution in [0.1, 0.15) is 33.1 Å². The normalized spacial score (nSPS) is 34.3. The predicted octanol–water partition coefficient (Wildman–Crippen LogP) is 0.431. The Morgan fingerprint density at radius 1 is 1.54 bits per heavy atom. The van der Waals surface area contributed by atoms with E-state index in [4.69, 9.17) is 17.7 Å². The van der Waals surface area contributed by atoms with Gasteiger partial charge in [0.2, 0.25) is 0 Å². The lowest BCUT2D eigenvalue weighted by Crippen LogP contribution is -2.36. The molecule has 0 spiro atoms. The first-order valence-corrected chi connectivity index (χ1v) is 4.79. The number of hydrogen-bond donors (Lipinski definition) is 2. The molecule has 1 heterocycles. The number of rotatable bonds is 0. The van der Waals surface area contributed by atoms with Crippen LogP contribution in [-0.2, 0) is 4.74 Å². The fourth-order valence-electron chi connectivity index (χ4n) is 1.04. The summed E-state index contributed by atoms with van der Waals surface area (Å²) >= 11 is 0. The Labute approximate surface area is 81.5 Å². The zero-order valence-electron chi connectivity index (χ0n) is 8.49. The van der Waals surface area contributed by atoms with Crippen LogP contribution in [0, 0.1) is 0 Å². The molecule has 3 nitrogen and oxygen atoms in total. The van der Waals surface area contributed by atoms with Crippen molar-refractivity contribution in [2.75, 3.05) is 13.2 Å². The van der Waals surface area contributed by atoms with Crippen molar-refractivity contribution in [3.63, 3.8) is 0 Å². The third kappa shape index (κ3) is 7.05. The second kappa shape index (κ2) is 6.41. The van der Waals surface area contributed by atoms with E-state index in [0.717, 1.165) is 0 Å². The second-order valence-electron chi connectivity index (χ2n) is 3.51. The van der Waals surface area contributed by atoms with Gasteiger partial charge in [0.25, 0.3) is 0 Å². The van der Waals surface area contributed by atoms with Crippen LogP contribution < -0.4 is 0 Å². The van der Waals surface area contributed by atoms with Crippen molar-refractivity contribution in [3.05, 3.63) is 0 Å². The van der Waals surface area contributed by atoms with Gasteiger partial charge in [-0.05, 0) is 12.8 Å². The maximum atomic E-state index is 9.22. The zero-order chi connectivity index (χ0) is 10.3. The fourth-order valence-corrected chi connectivity index (χ4v) is 1.04. The Hall–Kier alpha value is -0.0551. The van der Waals surface area contributed by atoms with Gasteiger partial charge in [0, 0.05) is 12.1 Å². The molecule has 2 unspecified atom stereocenters. The first kappa shape index (κ1) is 12.9. The molecule has 1 saturated heterocycles. The molecule has 0 saturated carbocycles. The van der Waals surface area contributed by atoms with Crippen LogP contribution in [0.3, 0.4) is 0 Å². The molecule has 1 rings (SSSR count). The van der Waals surface area contributed by atoms with E-state index in [9.17, 15) is 5.11 Å². The lowest BCUT2D eigenvalue weighted by Gasteiger charge is -2.21. The molecule has 0 bridgehead atoms. The van der Waals surface area contributed by atoms with E-state index in [-0.39, 0.29) is 13.0 Å². The molecule has 2 radical (unpaired) electrons. The van der Waals surface area contributed by atoms with Crippen molar-refractivity contribution in [2.24, 2.45) is 0 Å². The summed E-state index contributed by atoms with van der Waals surface area (Å²) in [6, 6.07) is 0. The highest BCUT2D eigenvalue weighted by Gasteiger charge is 2.26. The van der Waals surface area contributed by atoms with Crippen molar-refractivity contribution in [2.45, 2.75) is 44.7 Å². The third-order valence-electron chi connectivity index (χ3n) is 1.54. The summed E-state index contributed by atoms with van der Waals surface area (Å²) in [5.74, 6) is 0. The van der Waals surface area contributed by atoms with E-state index >= 15 is 0 Å². The Kier molecular flexibility index (Phi) is 6.38. The minimum Gasteiger partial charge on any atom is -0.397 e. The van der Waals surface area contributed by atoms with Crippen molar-refractivity contribution in [3.8, 4) is 0 Å². The summed E-state index contributed by atoms with van der Waals surface area (Å²) in [6.45, 7) is 4.84. The summed E-state index contributed by atoms with van der Waals surface area (Å²) in [5, 5.41) is 18.3. The maximum Gasteiger partial charge on any atom is 0.116 e. The van der Waals surface area contributed by atoms with Gasteiger partial charge in [-0.3, -0.25) is 0 Å². The molecule has 13 heavy (non-hydrogen) atoms. The van der Waals surface area contributed by atoms with E-state index in [1.54, 1.807) is 0 Å². The molecule has 1 fully saturated rings. The summed E-state index contributed by atoms with van der Waals surface area (Å²) in [6.07, 6.45) is 1.48. The van der Waals surface area contributed by atoms with Gasteiger partial charge in [-0.15, -0.1) is 0 Å². The van der Waals surface area contributed by atoms with Crippen LogP contribution in [0.2, 0.25) is 0 Å². The van der Waals surface area contributed by atoms with E-state index in [1.807, 2.05) is 0 Å². The highest BCUT2D eigenvalue weighted by atomic mass is 16.5. The highest BCUT2D eigenvalue weighted by Crippen LogP contribution is 2.15. The average Bonchev–Trinajstić information content (AvgIpc) is 2.11. The van der Waals surface area contributed by atoms with Gasteiger partial charge in [0.1, 0.15) is 7.85 Å². The Balaban J connectivity index is 0.000000424. The molecular weight excluding hydrogens is 167 g/mol. The minimum absolute atomic E-state index is 0.115. The number of ether oxygens (including phenoxy) is 1. The van der Waals surface area contributed by atoms with E-state index in [0.29, 0.717) is 13.0 Å². The molecule has 76 valence electrons. The van der Waals surface area contributed by atoms with Gasteiger partial charge in [-0.2, -0.15) is 0 Å². The first-order chi connectivity index (χ1) is 6.02. The van der Waals surface area contributed by atoms with Crippen LogP contribution >= 0.6 is 0 Å². The predicted molar refractivity (Wildman–Crippen MR) is 52.7 cm³/mol. The molecular formula is C9H19BO3. The minimum atomic E-state index is -1.34. The molecule has 1 aliphatic heterocycles. The van der Waals surface area contributed by atoms with Crippen molar-refractivity contribution in [1.82, 2.24) is 0 Å². The van der Waals surface area contributed by atoms with Crippen LogP contribution in [0.15, 0.2) is 0 Å². The number of aliphatic hydroxyl groups is 2. The Bertz CT molecular complexity index is 128. The van der Waals surface area contributed by atoms with Gasteiger partial charge in [0.05, 0.1) is 12.7 Å². The summed E-state index contributed by atoms with van der Waals surface area (Å²) < 4.78 is 4.95. The lowest BCUT2D eigenvalue weighted by molar-refractivity contribution is 0.0149. The summed E-state index contributed by atoms with van der Waals surface area (Å²) in [5.41, 5.74) is -1.34. The van der Waals surface area contributed by atoms with E-state index in [2.05, 4.69) is 13.8 Å². The second-order valence-corrected chi connectivity index (χ2v) is 3.51. The first-order valence-electron chi connectivity index (χ1n) is 4.79. The number of aliphatic hydroxyl groups excluding tert-OH is 1. The quantitative estimate of drug-likeness (QED) is 0.539. The fraction of sp³-hybridized carbons (Fsp3) is 1.00. The Morgan fingerprint density at radius 3 is 2.62 bits per heavy atom. The molecule has 0 aromatic carbocycles. The van der Waals surface area contributed by atoms with Gasteiger partial charge < -0.3 is 14.9 Å². The number of hydrogen-bond acceptors (Lipinski definition) is 3. The summed E-state index contributed by atoms with van der Waals surface area (Å²) in [7, 11) is 5.34. The molecule has 4 heteroatoms. The Morgan fingerprint density at radius 2 is 2.08 bits per heavy atom. The standard InChI is InChI=1S/C6H11BO3.C3H8/c7-6(9)3-5(8)1-2-10-4-6;1-3-2/h5,8-9H,1-4H2;3H2,1-2H3. The average molecular weight is 186 g/mol. The highest BCUT2D eigenvalue weighted by molar-refractivity contribution is 6.14. The lowest BCUT2D eigenvalue weighted by atomic mass is 9.78. The molecule has 0 aliphatic carbocycles. The van der Waals surface area contributed by atoms with Crippen LogP contribution in [-0.4, -0.2) is 42.9 Å². The molecule has 0 aromatic heterocycles. The largest absolute Gasteiger partial charge is 0.397 e. The van der Waals surface area contributed by atoms with Gasteiger partial charge >= 0.3 is 0 Å². The van der Waals surface area contributed by atoms with E-state index < -0.39 is 11.6 Å². The zero-order valence-corrected chi connectivity index (χ0v) is 8.49. The van der Waals surface area contributed by atoms with E-state index in [1.165, 1.54) is 6.42 Å². The van der Waals surface area contributed by atoms with Gasteiger partial charge in [-0.25, -0.2) is 0 Å². The SMILES string of the molecule is CCC.[B]C1(O)COCCC(O)C1. The van der Waals surface area contributed by atoms with Crippen molar-refractivity contribution >= 4 is 7.85 Å². The van der Waals surface area contributed by atoms with Crippen molar-refractivity contribution < 1.29 is 14.9 Å². The van der Waals surface area contributed by atoms with Crippen LogP contribution in [0.5, 0.6) is 0 Å². The van der Waals surface area contributed by atoms with Gasteiger partial charge in [0.15, 0.2) is 0 Å². The topological polar surface area (TPSA) is 49.7 Å². The third-order valence-corrected chi connectivity index (χ3v) is 1.54. The summed E-state index contributed by atoms with van der Waals surface area (Å²) in [4.78, 5) is 0. The molecule has 0 aromatic rings. The molecule has 2 N–H and O–H groups in total. The van der Waals surface area contributed by atoms with Gasteiger partial charge in [-0.1, -0.05) is 20.3 Å². The monoisotopic (exact) mass is 186 g/mol. The molecule has 0 amide bonds. The van der Waals surface area contributed by atoms with Crippen LogP contribution in [0.25, 0.3) is 0 Å².